The first-order chi connectivity index (χ1) is 20.4. The van der Waals surface area contributed by atoms with Gasteiger partial charge in [-0.3, -0.25) is 14.5 Å². The summed E-state index contributed by atoms with van der Waals surface area (Å²) in [5.74, 6) is 0.467. The van der Waals surface area contributed by atoms with Crippen molar-refractivity contribution in [1.29, 1.82) is 0 Å². The molecule has 9 nitrogen and oxygen atoms in total. The summed E-state index contributed by atoms with van der Waals surface area (Å²) in [4.78, 5) is 31.0. The summed E-state index contributed by atoms with van der Waals surface area (Å²) < 4.78 is 23.2. The molecule has 42 heavy (non-hydrogen) atoms. The van der Waals surface area contributed by atoms with Crippen LogP contribution >= 0.6 is 0 Å². The molecule has 0 unspecified atom stereocenters. The molecule has 1 amide bonds. The zero-order valence-corrected chi connectivity index (χ0v) is 24.9. The van der Waals surface area contributed by atoms with Crippen LogP contribution in [-0.4, -0.2) is 85.3 Å². The van der Waals surface area contributed by atoms with Gasteiger partial charge in [0.25, 0.3) is 11.7 Å². The zero-order valence-electron chi connectivity index (χ0n) is 24.9. The third-order valence-electron chi connectivity index (χ3n) is 8.03. The van der Waals surface area contributed by atoms with E-state index in [4.69, 9.17) is 18.9 Å². The van der Waals surface area contributed by atoms with Crippen molar-refractivity contribution < 1.29 is 33.6 Å². The van der Waals surface area contributed by atoms with E-state index in [1.54, 1.807) is 11.0 Å². The Hall–Kier alpha value is -3.56. The summed E-state index contributed by atoms with van der Waals surface area (Å²) in [5.41, 5.74) is 2.23. The van der Waals surface area contributed by atoms with Crippen LogP contribution < -0.4 is 14.2 Å². The largest absolute Gasteiger partial charge is 0.507 e. The molecule has 9 heteroatoms. The molecule has 2 atom stereocenters. The topological polar surface area (TPSA) is 97.8 Å². The first kappa shape index (κ1) is 29.9. The Balaban J connectivity index is 1.51. The van der Waals surface area contributed by atoms with Crippen LogP contribution in [0, 0.1) is 0 Å². The molecule has 226 valence electrons. The molecule has 2 saturated heterocycles. The smallest absolute Gasteiger partial charge is 0.295 e. The number of morpholine rings is 1. The number of fused-ring (bicyclic) bond motifs is 1. The fourth-order valence-electron chi connectivity index (χ4n) is 5.88. The van der Waals surface area contributed by atoms with Gasteiger partial charge in [0.05, 0.1) is 38.0 Å². The molecule has 2 aromatic carbocycles. The van der Waals surface area contributed by atoms with Crippen molar-refractivity contribution in [3.05, 3.63) is 58.7 Å². The van der Waals surface area contributed by atoms with E-state index in [1.165, 1.54) is 0 Å². The van der Waals surface area contributed by atoms with Crippen molar-refractivity contribution in [2.45, 2.75) is 58.6 Å². The summed E-state index contributed by atoms with van der Waals surface area (Å²) in [7, 11) is 0. The highest BCUT2D eigenvalue weighted by Gasteiger charge is 2.46. The number of hydrogen-bond acceptors (Lipinski definition) is 8. The van der Waals surface area contributed by atoms with Crippen LogP contribution in [0.3, 0.4) is 0 Å². The van der Waals surface area contributed by atoms with Crippen molar-refractivity contribution in [2.75, 3.05) is 52.6 Å². The molecule has 2 aromatic rings. The predicted molar refractivity (Wildman–Crippen MR) is 159 cm³/mol. The van der Waals surface area contributed by atoms with Crippen molar-refractivity contribution in [3.8, 4) is 17.2 Å². The molecule has 0 bridgehead atoms. The Morgan fingerprint density at radius 3 is 2.57 bits per heavy atom. The van der Waals surface area contributed by atoms with Gasteiger partial charge in [-0.1, -0.05) is 19.4 Å². The van der Waals surface area contributed by atoms with Crippen molar-refractivity contribution in [1.82, 2.24) is 9.80 Å². The number of hydrogen-bond donors (Lipinski definition) is 1. The average Bonchev–Trinajstić information content (AvgIpc) is 3.49. The number of Topliss-reactive ketones (excluding diaryl/α,β-unsaturated/α-hetero) is 1. The Bertz CT molecular complexity index is 1320. The highest BCUT2D eigenvalue weighted by atomic mass is 16.5. The highest BCUT2D eigenvalue weighted by Crippen LogP contribution is 2.43. The lowest BCUT2D eigenvalue weighted by molar-refractivity contribution is -0.140. The van der Waals surface area contributed by atoms with Crippen molar-refractivity contribution in [3.63, 3.8) is 0 Å². The number of likely N-dealkylation sites (tertiary alicyclic amines) is 1. The number of benzene rings is 2. The van der Waals surface area contributed by atoms with Gasteiger partial charge in [0.2, 0.25) is 0 Å². The van der Waals surface area contributed by atoms with Crippen molar-refractivity contribution >= 4 is 17.4 Å². The predicted octanol–water partition coefficient (Wildman–Crippen LogP) is 4.73. The minimum Gasteiger partial charge on any atom is -0.507 e. The van der Waals surface area contributed by atoms with Crippen LogP contribution in [0.2, 0.25) is 0 Å². The van der Waals surface area contributed by atoms with Crippen LogP contribution in [0.15, 0.2) is 42.0 Å². The van der Waals surface area contributed by atoms with Crippen LogP contribution in [0.5, 0.6) is 17.2 Å². The fraction of sp³-hybridized carbons (Fsp3) is 0.515. The summed E-state index contributed by atoms with van der Waals surface area (Å²) in [5, 5.41) is 11.6. The molecule has 0 spiro atoms. The molecule has 1 N–H and O–H groups in total. The second kappa shape index (κ2) is 13.6. The molecule has 3 aliphatic rings. The second-order valence-electron chi connectivity index (χ2n) is 11.1. The number of unbranched alkanes of at least 4 members (excludes halogenated alkanes) is 1. The lowest BCUT2D eigenvalue weighted by Gasteiger charge is -2.29. The van der Waals surface area contributed by atoms with Gasteiger partial charge in [-0.05, 0) is 68.1 Å². The summed E-state index contributed by atoms with van der Waals surface area (Å²) >= 11 is 0. The summed E-state index contributed by atoms with van der Waals surface area (Å²) in [6.45, 7) is 11.2. The van der Waals surface area contributed by atoms with Gasteiger partial charge in [-0.15, -0.1) is 0 Å². The van der Waals surface area contributed by atoms with Crippen LogP contribution in [0.4, 0.5) is 0 Å². The van der Waals surface area contributed by atoms with E-state index in [0.717, 1.165) is 43.8 Å². The molecule has 3 aliphatic heterocycles. The van der Waals surface area contributed by atoms with E-state index >= 15 is 0 Å². The molecule has 0 radical (unpaired) electrons. The number of ketones is 1. The molecule has 2 fully saturated rings. The van der Waals surface area contributed by atoms with Gasteiger partial charge in [0.15, 0.2) is 11.5 Å². The molecule has 5 rings (SSSR count). The first-order valence-corrected chi connectivity index (χ1v) is 15.2. The van der Waals surface area contributed by atoms with Crippen molar-refractivity contribution in [2.24, 2.45) is 0 Å². The Labute approximate surface area is 248 Å². The highest BCUT2D eigenvalue weighted by molar-refractivity contribution is 6.46. The maximum Gasteiger partial charge on any atom is 0.295 e. The lowest BCUT2D eigenvalue weighted by atomic mass is 9.94. The maximum atomic E-state index is 13.6. The van der Waals surface area contributed by atoms with E-state index < -0.39 is 17.7 Å². The average molecular weight is 579 g/mol. The maximum absolute atomic E-state index is 13.6. The third kappa shape index (κ3) is 6.42. The number of rotatable bonds is 12. The number of nitrogens with zero attached hydrogens (tertiary/aromatic N) is 2. The van der Waals surface area contributed by atoms with Gasteiger partial charge >= 0.3 is 0 Å². The quantitative estimate of drug-likeness (QED) is 0.167. The van der Waals surface area contributed by atoms with E-state index in [1.807, 2.05) is 44.2 Å². The number of carbonyl (C=O) groups is 2. The standard InChI is InChI=1S/C33H42N2O7/c1-4-6-16-41-27-11-8-23(21-28(27)40-5-2)30-29(31(36)24-9-10-26-25(20-24)19-22(3)42-26)32(37)33(38)35(30)13-7-12-34-14-17-39-18-15-34/h8-11,20-22,30,36H,4-7,12-19H2,1-3H3/b31-29+/t22-,30-/m1/s1. The summed E-state index contributed by atoms with van der Waals surface area (Å²) in [6.07, 6.45) is 3.38. The SMILES string of the molecule is CCCCOc1ccc([C@@H]2/C(=C(\O)c3ccc4c(c3)C[C@@H](C)O4)C(=O)C(=O)N2CCCN2CCOCC2)cc1OCC. The Morgan fingerprint density at radius 2 is 1.81 bits per heavy atom. The van der Waals surface area contributed by atoms with Gasteiger partial charge in [-0.2, -0.15) is 0 Å². The molecular weight excluding hydrogens is 536 g/mol. The normalized spacial score (nSPS) is 21.8. The van der Waals surface area contributed by atoms with E-state index in [2.05, 4.69) is 11.8 Å². The van der Waals surface area contributed by atoms with E-state index in [-0.39, 0.29) is 17.4 Å². The molecule has 0 aliphatic carbocycles. The number of carbonyl (C=O) groups excluding carboxylic acids is 2. The van der Waals surface area contributed by atoms with E-state index in [9.17, 15) is 14.7 Å². The number of ether oxygens (including phenoxy) is 4. The van der Waals surface area contributed by atoms with E-state index in [0.29, 0.717) is 68.4 Å². The summed E-state index contributed by atoms with van der Waals surface area (Å²) in [6, 6.07) is 10.2. The molecule has 0 aromatic heterocycles. The molecular formula is C33H42N2O7. The van der Waals surface area contributed by atoms with Gasteiger partial charge < -0.3 is 29.0 Å². The lowest BCUT2D eigenvalue weighted by Crippen LogP contribution is -2.39. The number of amides is 1. The van der Waals surface area contributed by atoms with Crippen LogP contribution in [-0.2, 0) is 20.7 Å². The fourth-order valence-corrected chi connectivity index (χ4v) is 5.88. The molecule has 0 saturated carbocycles. The first-order valence-electron chi connectivity index (χ1n) is 15.2. The number of aliphatic hydroxyl groups is 1. The number of aliphatic hydroxyl groups excluding tert-OH is 1. The van der Waals surface area contributed by atoms with Gasteiger partial charge in [0.1, 0.15) is 17.6 Å². The monoisotopic (exact) mass is 578 g/mol. The Morgan fingerprint density at radius 1 is 1.00 bits per heavy atom. The third-order valence-corrected chi connectivity index (χ3v) is 8.03. The van der Waals surface area contributed by atoms with Crippen LogP contribution in [0.25, 0.3) is 5.76 Å². The molecule has 3 heterocycles. The van der Waals surface area contributed by atoms with Gasteiger partial charge in [-0.25, -0.2) is 0 Å². The van der Waals surface area contributed by atoms with Gasteiger partial charge in [0, 0.05) is 38.2 Å². The van der Waals surface area contributed by atoms with Crippen LogP contribution in [0.1, 0.15) is 62.8 Å². The Kier molecular flexibility index (Phi) is 9.69. The zero-order chi connectivity index (χ0) is 29.6. The minimum atomic E-state index is -0.762. The minimum absolute atomic E-state index is 0.0458. The second-order valence-corrected chi connectivity index (χ2v) is 11.1.